The summed E-state index contributed by atoms with van der Waals surface area (Å²) in [5, 5.41) is 0. The SMILES string of the molecule is CCC(CN1CCCC1C)C1CCN(C)CC1. The van der Waals surface area contributed by atoms with Gasteiger partial charge in [0.2, 0.25) is 0 Å². The monoisotopic (exact) mass is 238 g/mol. The molecule has 2 atom stereocenters. The molecule has 2 rings (SSSR count). The van der Waals surface area contributed by atoms with Crippen LogP contribution in [-0.2, 0) is 0 Å². The molecule has 0 aromatic heterocycles. The molecule has 2 unspecified atom stereocenters. The summed E-state index contributed by atoms with van der Waals surface area (Å²) in [5.41, 5.74) is 0. The van der Waals surface area contributed by atoms with Crippen molar-refractivity contribution < 1.29 is 0 Å². The molecule has 0 N–H and O–H groups in total. The van der Waals surface area contributed by atoms with Crippen molar-refractivity contribution in [2.75, 3.05) is 33.2 Å². The highest BCUT2D eigenvalue weighted by Crippen LogP contribution is 2.29. The normalized spacial score (nSPS) is 30.9. The molecule has 0 aromatic rings. The van der Waals surface area contributed by atoms with Crippen molar-refractivity contribution in [2.24, 2.45) is 11.8 Å². The molecule has 0 amide bonds. The lowest BCUT2D eigenvalue weighted by molar-refractivity contribution is 0.125. The highest BCUT2D eigenvalue weighted by atomic mass is 15.2. The summed E-state index contributed by atoms with van der Waals surface area (Å²) >= 11 is 0. The topological polar surface area (TPSA) is 6.48 Å². The summed E-state index contributed by atoms with van der Waals surface area (Å²) in [6.07, 6.45) is 7.07. The zero-order chi connectivity index (χ0) is 12.3. The van der Waals surface area contributed by atoms with Gasteiger partial charge in [0.1, 0.15) is 0 Å². The highest BCUT2D eigenvalue weighted by molar-refractivity contribution is 4.82. The van der Waals surface area contributed by atoms with Crippen LogP contribution in [-0.4, -0.2) is 49.1 Å². The van der Waals surface area contributed by atoms with Gasteiger partial charge in [-0.25, -0.2) is 0 Å². The third kappa shape index (κ3) is 3.45. The average molecular weight is 238 g/mol. The van der Waals surface area contributed by atoms with Gasteiger partial charge in [0.15, 0.2) is 0 Å². The van der Waals surface area contributed by atoms with Crippen molar-refractivity contribution in [3.05, 3.63) is 0 Å². The Morgan fingerprint density at radius 2 is 1.82 bits per heavy atom. The summed E-state index contributed by atoms with van der Waals surface area (Å²) in [5.74, 6) is 1.94. The summed E-state index contributed by atoms with van der Waals surface area (Å²) in [6.45, 7) is 10.2. The number of hydrogen-bond acceptors (Lipinski definition) is 2. The van der Waals surface area contributed by atoms with Gasteiger partial charge in [-0.3, -0.25) is 0 Å². The minimum atomic E-state index is 0.843. The third-order valence-corrected chi connectivity index (χ3v) is 5.11. The first-order chi connectivity index (χ1) is 8.20. The molecule has 2 heterocycles. The van der Waals surface area contributed by atoms with Gasteiger partial charge in [0.25, 0.3) is 0 Å². The molecule has 0 aromatic carbocycles. The van der Waals surface area contributed by atoms with E-state index in [4.69, 9.17) is 0 Å². The van der Waals surface area contributed by atoms with E-state index in [0.29, 0.717) is 0 Å². The predicted molar refractivity (Wildman–Crippen MR) is 74.3 cm³/mol. The molecule has 2 fully saturated rings. The number of rotatable bonds is 4. The second-order valence-electron chi connectivity index (χ2n) is 6.30. The second kappa shape index (κ2) is 6.19. The van der Waals surface area contributed by atoms with Crippen LogP contribution in [0.25, 0.3) is 0 Å². The molecule has 0 spiro atoms. The smallest absolute Gasteiger partial charge is 0.00675 e. The lowest BCUT2D eigenvalue weighted by Crippen LogP contribution is -2.39. The van der Waals surface area contributed by atoms with Crippen molar-refractivity contribution in [3.8, 4) is 0 Å². The largest absolute Gasteiger partial charge is 0.306 e. The number of likely N-dealkylation sites (tertiary alicyclic amines) is 2. The summed E-state index contributed by atoms with van der Waals surface area (Å²) < 4.78 is 0. The maximum atomic E-state index is 2.74. The van der Waals surface area contributed by atoms with Gasteiger partial charge in [0.05, 0.1) is 0 Å². The first-order valence-electron chi connectivity index (χ1n) is 7.63. The van der Waals surface area contributed by atoms with E-state index in [2.05, 4.69) is 30.7 Å². The van der Waals surface area contributed by atoms with E-state index in [1.54, 1.807) is 0 Å². The van der Waals surface area contributed by atoms with Crippen LogP contribution in [0.3, 0.4) is 0 Å². The molecule has 0 bridgehead atoms. The Bertz CT molecular complexity index is 221. The third-order valence-electron chi connectivity index (χ3n) is 5.11. The van der Waals surface area contributed by atoms with Gasteiger partial charge >= 0.3 is 0 Å². The molecule has 17 heavy (non-hydrogen) atoms. The van der Waals surface area contributed by atoms with E-state index in [1.165, 1.54) is 58.3 Å². The van der Waals surface area contributed by atoms with E-state index in [0.717, 1.165) is 17.9 Å². The Labute approximate surface area is 107 Å². The molecule has 2 heteroatoms. The fraction of sp³-hybridized carbons (Fsp3) is 1.00. The molecule has 2 nitrogen and oxygen atoms in total. The zero-order valence-corrected chi connectivity index (χ0v) is 12.0. The fourth-order valence-corrected chi connectivity index (χ4v) is 3.68. The zero-order valence-electron chi connectivity index (χ0n) is 12.0. The van der Waals surface area contributed by atoms with Crippen LogP contribution >= 0.6 is 0 Å². The highest BCUT2D eigenvalue weighted by Gasteiger charge is 2.28. The maximum absolute atomic E-state index is 2.74. The Hall–Kier alpha value is -0.0800. The fourth-order valence-electron chi connectivity index (χ4n) is 3.68. The van der Waals surface area contributed by atoms with Gasteiger partial charge in [-0.05, 0) is 71.1 Å². The van der Waals surface area contributed by atoms with Crippen molar-refractivity contribution in [2.45, 2.75) is 52.0 Å². The first-order valence-corrected chi connectivity index (χ1v) is 7.63. The number of hydrogen-bond donors (Lipinski definition) is 0. The van der Waals surface area contributed by atoms with E-state index >= 15 is 0 Å². The molecule has 2 aliphatic heterocycles. The van der Waals surface area contributed by atoms with Crippen LogP contribution in [0.5, 0.6) is 0 Å². The van der Waals surface area contributed by atoms with Gasteiger partial charge in [-0.2, -0.15) is 0 Å². The Kier molecular flexibility index (Phi) is 4.87. The van der Waals surface area contributed by atoms with Crippen molar-refractivity contribution in [1.82, 2.24) is 9.80 Å². The Balaban J connectivity index is 1.83. The second-order valence-corrected chi connectivity index (χ2v) is 6.30. The van der Waals surface area contributed by atoms with E-state index in [-0.39, 0.29) is 0 Å². The summed E-state index contributed by atoms with van der Waals surface area (Å²) in [4.78, 5) is 5.23. The van der Waals surface area contributed by atoms with E-state index in [9.17, 15) is 0 Å². The maximum Gasteiger partial charge on any atom is 0.00675 e. The molecular weight excluding hydrogens is 208 g/mol. The van der Waals surface area contributed by atoms with Crippen LogP contribution in [0.2, 0.25) is 0 Å². The van der Waals surface area contributed by atoms with Crippen molar-refractivity contribution >= 4 is 0 Å². The van der Waals surface area contributed by atoms with Gasteiger partial charge in [0, 0.05) is 12.6 Å². The molecular formula is C15H30N2. The minimum Gasteiger partial charge on any atom is -0.306 e. The van der Waals surface area contributed by atoms with Crippen LogP contribution in [0.4, 0.5) is 0 Å². The molecule has 0 radical (unpaired) electrons. The number of piperidine rings is 1. The molecule has 2 aliphatic rings. The van der Waals surface area contributed by atoms with Gasteiger partial charge in [-0.1, -0.05) is 13.3 Å². The molecule has 100 valence electrons. The summed E-state index contributed by atoms with van der Waals surface area (Å²) in [6, 6.07) is 0.843. The van der Waals surface area contributed by atoms with Crippen LogP contribution in [0, 0.1) is 11.8 Å². The van der Waals surface area contributed by atoms with Gasteiger partial charge in [-0.15, -0.1) is 0 Å². The van der Waals surface area contributed by atoms with Crippen molar-refractivity contribution in [1.29, 1.82) is 0 Å². The van der Waals surface area contributed by atoms with Crippen molar-refractivity contribution in [3.63, 3.8) is 0 Å². The van der Waals surface area contributed by atoms with Crippen LogP contribution in [0.15, 0.2) is 0 Å². The van der Waals surface area contributed by atoms with E-state index < -0.39 is 0 Å². The molecule has 0 aliphatic carbocycles. The summed E-state index contributed by atoms with van der Waals surface area (Å²) in [7, 11) is 2.26. The predicted octanol–water partition coefficient (Wildman–Crippen LogP) is 2.84. The standard InChI is InChI=1S/C15H30N2/c1-4-14(12-17-9-5-6-13(17)2)15-7-10-16(3)11-8-15/h13-15H,4-12H2,1-3H3. The lowest BCUT2D eigenvalue weighted by Gasteiger charge is -2.36. The average Bonchev–Trinajstić information content (AvgIpc) is 2.73. The quantitative estimate of drug-likeness (QED) is 0.743. The minimum absolute atomic E-state index is 0.843. The first kappa shape index (κ1) is 13.4. The Morgan fingerprint density at radius 1 is 1.12 bits per heavy atom. The lowest BCUT2D eigenvalue weighted by atomic mass is 9.82. The number of nitrogens with zero attached hydrogens (tertiary/aromatic N) is 2. The van der Waals surface area contributed by atoms with Crippen LogP contribution in [0.1, 0.15) is 46.0 Å². The Morgan fingerprint density at radius 3 is 2.35 bits per heavy atom. The van der Waals surface area contributed by atoms with Gasteiger partial charge < -0.3 is 9.80 Å². The molecule has 2 saturated heterocycles. The molecule has 0 saturated carbocycles. The van der Waals surface area contributed by atoms with E-state index in [1.807, 2.05) is 0 Å². The van der Waals surface area contributed by atoms with Crippen LogP contribution < -0.4 is 0 Å².